The van der Waals surface area contributed by atoms with Crippen LogP contribution < -0.4 is 9.47 Å². The summed E-state index contributed by atoms with van der Waals surface area (Å²) in [5.41, 5.74) is 3.21. The van der Waals surface area contributed by atoms with E-state index in [0.717, 1.165) is 29.8 Å². The highest BCUT2D eigenvalue weighted by atomic mass is 32.1. The molecular formula is C21H24N4O2S. The number of H-pyrrole nitrogens is 1. The molecule has 28 heavy (non-hydrogen) atoms. The minimum Gasteiger partial charge on any atom is -0.493 e. The first kappa shape index (κ1) is 19.8. The van der Waals surface area contributed by atoms with E-state index in [1.165, 1.54) is 5.56 Å². The van der Waals surface area contributed by atoms with Gasteiger partial charge in [-0.3, -0.25) is 5.10 Å². The van der Waals surface area contributed by atoms with E-state index in [9.17, 15) is 0 Å². The summed E-state index contributed by atoms with van der Waals surface area (Å²) in [6.45, 7) is 4.64. The monoisotopic (exact) mass is 396 g/mol. The van der Waals surface area contributed by atoms with Gasteiger partial charge >= 0.3 is 0 Å². The second kappa shape index (κ2) is 9.32. The normalized spacial score (nSPS) is 11.1. The Bertz CT molecular complexity index is 1010. The van der Waals surface area contributed by atoms with E-state index in [4.69, 9.17) is 21.7 Å². The summed E-state index contributed by atoms with van der Waals surface area (Å²) in [6.07, 6.45) is 3.51. The maximum Gasteiger partial charge on any atom is 0.216 e. The van der Waals surface area contributed by atoms with E-state index in [0.29, 0.717) is 22.9 Å². The number of rotatable bonds is 8. The van der Waals surface area contributed by atoms with Gasteiger partial charge in [0.05, 0.1) is 13.3 Å². The number of nitrogens with one attached hydrogen (secondary N) is 1. The zero-order chi connectivity index (χ0) is 19.9. The van der Waals surface area contributed by atoms with Crippen molar-refractivity contribution in [2.75, 3.05) is 7.11 Å². The summed E-state index contributed by atoms with van der Waals surface area (Å²) in [7, 11) is 1.63. The standard InChI is InChI=1S/C21H24N4O2S/c1-4-5-20-23-24-21(28)25(20)22-13-17-10-11-18(19(12-17)26-3)27-14-16-8-6-15(2)7-9-16/h6-13H,4-5,14H2,1-3H3,(H,24,28)/b22-13+. The van der Waals surface area contributed by atoms with Crippen LogP contribution in [-0.4, -0.2) is 28.2 Å². The van der Waals surface area contributed by atoms with Gasteiger partial charge in [-0.25, -0.2) is 0 Å². The van der Waals surface area contributed by atoms with Gasteiger partial charge in [0.25, 0.3) is 0 Å². The third kappa shape index (κ3) is 4.86. The lowest BCUT2D eigenvalue weighted by Crippen LogP contribution is -2.00. The number of methoxy groups -OCH3 is 1. The maximum absolute atomic E-state index is 5.92. The number of aromatic amines is 1. The van der Waals surface area contributed by atoms with Crippen molar-refractivity contribution in [3.05, 3.63) is 69.8 Å². The van der Waals surface area contributed by atoms with Gasteiger partial charge in [-0.05, 0) is 54.9 Å². The number of aromatic nitrogens is 3. The van der Waals surface area contributed by atoms with Gasteiger partial charge in [0.2, 0.25) is 4.77 Å². The Morgan fingerprint density at radius 2 is 1.96 bits per heavy atom. The van der Waals surface area contributed by atoms with Crippen molar-refractivity contribution in [2.24, 2.45) is 5.10 Å². The summed E-state index contributed by atoms with van der Waals surface area (Å²) >= 11 is 5.25. The number of aryl methyl sites for hydroxylation is 2. The van der Waals surface area contributed by atoms with Crippen molar-refractivity contribution in [3.8, 4) is 11.5 Å². The predicted octanol–water partition coefficient (Wildman–Crippen LogP) is 4.67. The summed E-state index contributed by atoms with van der Waals surface area (Å²) in [5.74, 6) is 2.15. The zero-order valence-corrected chi connectivity index (χ0v) is 17.1. The van der Waals surface area contributed by atoms with Gasteiger partial charge in [0.15, 0.2) is 17.3 Å². The molecular weight excluding hydrogens is 372 g/mol. The van der Waals surface area contributed by atoms with Crippen molar-refractivity contribution < 1.29 is 9.47 Å². The van der Waals surface area contributed by atoms with Crippen LogP contribution in [-0.2, 0) is 13.0 Å². The number of hydrogen-bond donors (Lipinski definition) is 1. The SMILES string of the molecule is CCCc1n[nH]c(=S)n1/N=C/c1ccc(OCc2ccc(C)cc2)c(OC)c1. The van der Waals surface area contributed by atoms with E-state index < -0.39 is 0 Å². The molecule has 3 rings (SSSR count). The highest BCUT2D eigenvalue weighted by molar-refractivity contribution is 7.71. The van der Waals surface area contributed by atoms with Crippen LogP contribution in [0.2, 0.25) is 0 Å². The van der Waals surface area contributed by atoms with Crippen LogP contribution in [0.15, 0.2) is 47.6 Å². The van der Waals surface area contributed by atoms with Gasteiger partial charge in [-0.15, -0.1) is 0 Å². The Kier molecular flexibility index (Phi) is 6.60. The van der Waals surface area contributed by atoms with Gasteiger partial charge in [-0.2, -0.15) is 14.9 Å². The molecule has 1 aromatic heterocycles. The molecule has 0 amide bonds. The van der Waals surface area contributed by atoms with E-state index in [-0.39, 0.29) is 0 Å². The molecule has 0 saturated heterocycles. The van der Waals surface area contributed by atoms with Crippen LogP contribution in [0.3, 0.4) is 0 Å². The molecule has 2 aromatic carbocycles. The summed E-state index contributed by atoms with van der Waals surface area (Å²) in [4.78, 5) is 0. The van der Waals surface area contributed by atoms with Crippen molar-refractivity contribution in [1.82, 2.24) is 14.9 Å². The number of ether oxygens (including phenoxy) is 2. The van der Waals surface area contributed by atoms with Gasteiger partial charge in [0.1, 0.15) is 6.61 Å². The Hall–Kier alpha value is -2.93. The molecule has 3 aromatic rings. The predicted molar refractivity (Wildman–Crippen MR) is 113 cm³/mol. The first-order valence-electron chi connectivity index (χ1n) is 9.17. The highest BCUT2D eigenvalue weighted by Gasteiger charge is 2.07. The molecule has 1 heterocycles. The first-order valence-corrected chi connectivity index (χ1v) is 9.58. The first-order chi connectivity index (χ1) is 13.6. The largest absolute Gasteiger partial charge is 0.493 e. The van der Waals surface area contributed by atoms with Gasteiger partial charge in [-0.1, -0.05) is 36.8 Å². The van der Waals surface area contributed by atoms with Crippen LogP contribution in [0.1, 0.15) is 35.9 Å². The molecule has 0 aliphatic rings. The smallest absolute Gasteiger partial charge is 0.216 e. The molecule has 6 nitrogen and oxygen atoms in total. The maximum atomic E-state index is 5.92. The number of hydrogen-bond acceptors (Lipinski definition) is 5. The summed E-state index contributed by atoms with van der Waals surface area (Å²) in [5, 5.41) is 11.5. The van der Waals surface area contributed by atoms with Crippen molar-refractivity contribution in [3.63, 3.8) is 0 Å². The Morgan fingerprint density at radius 1 is 1.18 bits per heavy atom. The fourth-order valence-electron chi connectivity index (χ4n) is 2.68. The van der Waals surface area contributed by atoms with Crippen LogP contribution in [0, 0.1) is 11.7 Å². The zero-order valence-electron chi connectivity index (χ0n) is 16.3. The average Bonchev–Trinajstić information content (AvgIpc) is 3.06. The molecule has 0 spiro atoms. The Morgan fingerprint density at radius 3 is 2.68 bits per heavy atom. The quantitative estimate of drug-likeness (QED) is 0.444. The Labute approximate surface area is 169 Å². The summed E-state index contributed by atoms with van der Waals surface area (Å²) in [6, 6.07) is 14.0. The van der Waals surface area contributed by atoms with E-state index in [2.05, 4.69) is 53.4 Å². The third-order valence-electron chi connectivity index (χ3n) is 4.22. The lowest BCUT2D eigenvalue weighted by atomic mass is 10.2. The molecule has 7 heteroatoms. The minimum absolute atomic E-state index is 0.477. The fraction of sp³-hybridized carbons (Fsp3) is 0.286. The average molecular weight is 397 g/mol. The van der Waals surface area contributed by atoms with E-state index in [1.807, 2.05) is 18.2 Å². The molecule has 0 atom stereocenters. The minimum atomic E-state index is 0.477. The molecule has 0 aliphatic carbocycles. The van der Waals surface area contributed by atoms with E-state index >= 15 is 0 Å². The molecule has 146 valence electrons. The van der Waals surface area contributed by atoms with E-state index in [1.54, 1.807) is 18.0 Å². The molecule has 0 fully saturated rings. The molecule has 0 bridgehead atoms. The van der Waals surface area contributed by atoms with Gasteiger partial charge < -0.3 is 9.47 Å². The van der Waals surface area contributed by atoms with Crippen LogP contribution >= 0.6 is 12.2 Å². The Balaban J connectivity index is 1.75. The molecule has 0 aliphatic heterocycles. The molecule has 0 saturated carbocycles. The lowest BCUT2D eigenvalue weighted by molar-refractivity contribution is 0.284. The van der Waals surface area contributed by atoms with Crippen molar-refractivity contribution >= 4 is 18.4 Å². The molecule has 0 radical (unpaired) electrons. The second-order valence-electron chi connectivity index (χ2n) is 6.44. The van der Waals surface area contributed by atoms with Gasteiger partial charge in [0, 0.05) is 6.42 Å². The van der Waals surface area contributed by atoms with Crippen molar-refractivity contribution in [1.29, 1.82) is 0 Å². The van der Waals surface area contributed by atoms with Crippen LogP contribution in [0.5, 0.6) is 11.5 Å². The fourth-order valence-corrected chi connectivity index (χ4v) is 2.88. The number of benzene rings is 2. The topological polar surface area (TPSA) is 64.4 Å². The summed E-state index contributed by atoms with van der Waals surface area (Å²) < 4.78 is 13.5. The molecule has 0 unspecified atom stereocenters. The lowest BCUT2D eigenvalue weighted by Gasteiger charge is -2.11. The van der Waals surface area contributed by atoms with Crippen LogP contribution in [0.4, 0.5) is 0 Å². The third-order valence-corrected chi connectivity index (χ3v) is 4.48. The highest BCUT2D eigenvalue weighted by Crippen LogP contribution is 2.28. The van der Waals surface area contributed by atoms with Crippen LogP contribution in [0.25, 0.3) is 0 Å². The molecule has 1 N–H and O–H groups in total. The van der Waals surface area contributed by atoms with Crippen molar-refractivity contribution in [2.45, 2.75) is 33.3 Å². The second-order valence-corrected chi connectivity index (χ2v) is 6.82. The number of nitrogens with zero attached hydrogens (tertiary/aromatic N) is 3.